The van der Waals surface area contributed by atoms with Crippen LogP contribution in [0.15, 0.2) is 45.6 Å². The number of nitriles is 1. The van der Waals surface area contributed by atoms with Gasteiger partial charge in [-0.15, -0.1) is 0 Å². The quantitative estimate of drug-likeness (QED) is 0.630. The summed E-state index contributed by atoms with van der Waals surface area (Å²) in [6, 6.07) is 11.0. The Labute approximate surface area is 183 Å². The number of hydrogen-bond donors (Lipinski definition) is 2. The predicted octanol–water partition coefficient (Wildman–Crippen LogP) is 1.87. The summed E-state index contributed by atoms with van der Waals surface area (Å²) in [4.78, 5) is 24.1. The summed E-state index contributed by atoms with van der Waals surface area (Å²) >= 11 is 0. The molecule has 2 N–H and O–H groups in total. The minimum atomic E-state index is -0.883. The molecule has 3 aromatic rings. The largest absolute Gasteiger partial charge is 0.419 e. The number of ether oxygens (including phenoxy) is 1. The molecule has 0 aliphatic carbocycles. The maximum absolute atomic E-state index is 14.8. The van der Waals surface area contributed by atoms with Gasteiger partial charge in [-0.3, -0.25) is 9.36 Å². The predicted molar refractivity (Wildman–Crippen MR) is 115 cm³/mol. The number of hydrogen-bond acceptors (Lipinski definition) is 6. The maximum atomic E-state index is 14.8. The Hall–Kier alpha value is -3.48. The molecular weight excluding hydrogens is 415 g/mol. The van der Waals surface area contributed by atoms with Crippen LogP contribution in [-0.2, 0) is 23.0 Å². The summed E-state index contributed by atoms with van der Waals surface area (Å²) in [6.07, 6.45) is 0.172. The number of amides is 1. The van der Waals surface area contributed by atoms with E-state index in [1.165, 1.54) is 10.6 Å². The lowest BCUT2D eigenvalue weighted by Gasteiger charge is -2.18. The number of rotatable bonds is 5. The van der Waals surface area contributed by atoms with E-state index in [2.05, 4.69) is 10.6 Å². The van der Waals surface area contributed by atoms with E-state index in [9.17, 15) is 19.2 Å². The van der Waals surface area contributed by atoms with Crippen molar-refractivity contribution in [2.75, 3.05) is 19.7 Å². The highest BCUT2D eigenvalue weighted by Crippen LogP contribution is 2.26. The van der Waals surface area contributed by atoms with Gasteiger partial charge in [0.2, 0.25) is 0 Å². The molecule has 1 aliphatic rings. The second-order valence-corrected chi connectivity index (χ2v) is 7.73. The third-order valence-electron chi connectivity index (χ3n) is 5.51. The van der Waals surface area contributed by atoms with Crippen molar-refractivity contribution in [3.05, 3.63) is 58.3 Å². The van der Waals surface area contributed by atoms with Gasteiger partial charge in [0.15, 0.2) is 5.58 Å². The lowest BCUT2D eigenvalue weighted by atomic mass is 10.00. The van der Waals surface area contributed by atoms with E-state index in [0.717, 1.165) is 18.5 Å². The monoisotopic (exact) mass is 438 g/mol. The van der Waals surface area contributed by atoms with Crippen LogP contribution < -0.4 is 16.4 Å². The van der Waals surface area contributed by atoms with Gasteiger partial charge in [-0.1, -0.05) is 18.2 Å². The van der Waals surface area contributed by atoms with Crippen LogP contribution in [0.4, 0.5) is 4.39 Å². The highest BCUT2D eigenvalue weighted by atomic mass is 19.1. The zero-order chi connectivity index (χ0) is 22.7. The molecule has 0 radical (unpaired) electrons. The van der Waals surface area contributed by atoms with Gasteiger partial charge in [0.1, 0.15) is 18.0 Å². The molecule has 0 bridgehead atoms. The Morgan fingerprint density at radius 1 is 1.34 bits per heavy atom. The normalized spacial score (nSPS) is 17.5. The summed E-state index contributed by atoms with van der Waals surface area (Å²) in [5.41, 5.74) is 2.73. The topological polar surface area (TPSA) is 109 Å². The second kappa shape index (κ2) is 9.34. The van der Waals surface area contributed by atoms with Crippen LogP contribution in [-0.4, -0.2) is 42.3 Å². The number of nitrogens with zero attached hydrogens (tertiary/aromatic N) is 2. The summed E-state index contributed by atoms with van der Waals surface area (Å²) in [6.45, 7) is 1.61. The van der Waals surface area contributed by atoms with Gasteiger partial charge in [-0.2, -0.15) is 5.26 Å². The molecule has 1 fully saturated rings. The van der Waals surface area contributed by atoms with Gasteiger partial charge < -0.3 is 19.8 Å². The van der Waals surface area contributed by atoms with Gasteiger partial charge in [0, 0.05) is 26.6 Å². The molecule has 1 unspecified atom stereocenters. The lowest BCUT2D eigenvalue weighted by Crippen LogP contribution is -2.46. The molecule has 0 saturated carbocycles. The molecule has 2 heterocycles. The van der Waals surface area contributed by atoms with Crippen molar-refractivity contribution < 1.29 is 18.3 Å². The standard InChI is InChI=1S/C23H23FN4O4/c1-28-19-11-15(5-6-20(19)32-23(28)30)14-3-4-16(18(24)10-14)9-17(12-25)27-22(29)21-13-26-7-2-8-31-21/h3-6,10-11,17,21,26H,2,7-9,13H2,1H3,(H,27,29)/t17-,21?/m0/s1. The number of aryl methyl sites for hydroxylation is 1. The molecule has 4 rings (SSSR count). The molecular formula is C23H23FN4O4. The summed E-state index contributed by atoms with van der Waals surface area (Å²) in [7, 11) is 1.61. The summed E-state index contributed by atoms with van der Waals surface area (Å²) in [5, 5.41) is 15.2. The minimum absolute atomic E-state index is 0.0315. The smallest absolute Gasteiger partial charge is 0.408 e. The van der Waals surface area contributed by atoms with Gasteiger partial charge >= 0.3 is 5.76 Å². The van der Waals surface area contributed by atoms with E-state index in [4.69, 9.17) is 9.15 Å². The second-order valence-electron chi connectivity index (χ2n) is 7.73. The Kier molecular flexibility index (Phi) is 6.35. The first-order valence-electron chi connectivity index (χ1n) is 10.4. The third-order valence-corrected chi connectivity index (χ3v) is 5.51. The van der Waals surface area contributed by atoms with E-state index >= 15 is 0 Å². The average Bonchev–Trinajstić information content (AvgIpc) is 2.97. The Balaban J connectivity index is 1.49. The molecule has 8 nitrogen and oxygen atoms in total. The van der Waals surface area contributed by atoms with Crippen molar-refractivity contribution in [2.45, 2.75) is 25.0 Å². The van der Waals surface area contributed by atoms with Crippen LogP contribution in [0.2, 0.25) is 0 Å². The molecule has 2 atom stereocenters. The zero-order valence-electron chi connectivity index (χ0n) is 17.6. The van der Waals surface area contributed by atoms with Crippen molar-refractivity contribution >= 4 is 17.0 Å². The SMILES string of the molecule is Cn1c(=O)oc2ccc(-c3ccc(C[C@@H](C#N)NC(=O)C4CNCCCO4)c(F)c3)cc21. The van der Waals surface area contributed by atoms with Crippen molar-refractivity contribution in [1.82, 2.24) is 15.2 Å². The van der Waals surface area contributed by atoms with Gasteiger partial charge in [0.05, 0.1) is 11.6 Å². The molecule has 1 saturated heterocycles. The van der Waals surface area contributed by atoms with Gasteiger partial charge in [-0.25, -0.2) is 9.18 Å². The van der Waals surface area contributed by atoms with Crippen LogP contribution in [0.1, 0.15) is 12.0 Å². The highest BCUT2D eigenvalue weighted by Gasteiger charge is 2.24. The molecule has 1 aromatic heterocycles. The number of carbonyl (C=O) groups is 1. The molecule has 1 amide bonds. The van der Waals surface area contributed by atoms with Crippen molar-refractivity contribution in [1.29, 1.82) is 5.26 Å². The first-order valence-corrected chi connectivity index (χ1v) is 10.4. The highest BCUT2D eigenvalue weighted by molar-refractivity contribution is 5.82. The molecule has 9 heteroatoms. The lowest BCUT2D eigenvalue weighted by molar-refractivity contribution is -0.132. The summed E-state index contributed by atoms with van der Waals surface area (Å²) < 4.78 is 26.9. The van der Waals surface area contributed by atoms with E-state index < -0.39 is 23.7 Å². The molecule has 166 valence electrons. The van der Waals surface area contributed by atoms with Crippen LogP contribution in [0.25, 0.3) is 22.2 Å². The van der Waals surface area contributed by atoms with Crippen molar-refractivity contribution in [3.8, 4) is 17.2 Å². The number of halogens is 1. The molecule has 1 aliphatic heterocycles. The Bertz CT molecular complexity index is 1240. The molecule has 2 aromatic carbocycles. The van der Waals surface area contributed by atoms with Crippen LogP contribution in [0, 0.1) is 17.1 Å². The fraction of sp³-hybridized carbons (Fsp3) is 0.348. The zero-order valence-corrected chi connectivity index (χ0v) is 17.6. The fourth-order valence-corrected chi connectivity index (χ4v) is 3.70. The van der Waals surface area contributed by atoms with Crippen molar-refractivity contribution in [3.63, 3.8) is 0 Å². The van der Waals surface area contributed by atoms with Gasteiger partial charge in [0.25, 0.3) is 5.91 Å². The summed E-state index contributed by atoms with van der Waals surface area (Å²) in [5.74, 6) is -1.33. The van der Waals surface area contributed by atoms with Gasteiger partial charge in [-0.05, 0) is 47.9 Å². The first-order chi connectivity index (χ1) is 15.5. The van der Waals surface area contributed by atoms with E-state index in [1.54, 1.807) is 37.4 Å². The third kappa shape index (κ3) is 4.56. The Morgan fingerprint density at radius 3 is 2.91 bits per heavy atom. The number of nitrogens with one attached hydrogen (secondary N) is 2. The fourth-order valence-electron chi connectivity index (χ4n) is 3.70. The molecule has 0 spiro atoms. The van der Waals surface area contributed by atoms with Crippen molar-refractivity contribution in [2.24, 2.45) is 7.05 Å². The first kappa shape index (κ1) is 21.7. The van der Waals surface area contributed by atoms with E-state index in [0.29, 0.717) is 35.4 Å². The number of carbonyl (C=O) groups excluding carboxylic acids is 1. The number of benzene rings is 2. The number of fused-ring (bicyclic) bond motifs is 1. The maximum Gasteiger partial charge on any atom is 0.419 e. The van der Waals surface area contributed by atoms with E-state index in [-0.39, 0.29) is 12.3 Å². The van der Waals surface area contributed by atoms with Crippen LogP contribution in [0.3, 0.4) is 0 Å². The number of aromatic nitrogens is 1. The minimum Gasteiger partial charge on any atom is -0.408 e. The Morgan fingerprint density at radius 2 is 2.12 bits per heavy atom. The number of oxazole rings is 1. The average molecular weight is 438 g/mol. The molecule has 32 heavy (non-hydrogen) atoms. The van der Waals surface area contributed by atoms with E-state index in [1.807, 2.05) is 6.07 Å². The van der Waals surface area contributed by atoms with Crippen LogP contribution >= 0.6 is 0 Å². The van der Waals surface area contributed by atoms with Crippen LogP contribution in [0.5, 0.6) is 0 Å².